The second kappa shape index (κ2) is 5.46. The minimum atomic E-state index is -3.58. The highest BCUT2D eigenvalue weighted by Gasteiger charge is 2.39. The maximum absolute atomic E-state index is 12.7. The molecular weight excluding hydrogens is 298 g/mol. The van der Waals surface area contributed by atoms with E-state index >= 15 is 0 Å². The molecule has 1 saturated carbocycles. The standard InChI is InChI=1S/C13H19NO4S2/c1-8(2)7-14(10-4-5-10)20(17,18)11-6-9(3)12(19-11)13(15)16/h6,8,10H,4-5,7H2,1-3H3,(H,15,16). The lowest BCUT2D eigenvalue weighted by molar-refractivity contribution is 0.0701. The van der Waals surface area contributed by atoms with Crippen LogP contribution in [0.2, 0.25) is 0 Å². The van der Waals surface area contributed by atoms with E-state index in [9.17, 15) is 13.2 Å². The summed E-state index contributed by atoms with van der Waals surface area (Å²) in [5, 5.41) is 9.05. The van der Waals surface area contributed by atoms with Crippen LogP contribution in [0.25, 0.3) is 0 Å². The molecule has 1 aliphatic rings. The van der Waals surface area contributed by atoms with E-state index in [0.717, 1.165) is 24.2 Å². The number of carbonyl (C=O) groups is 1. The summed E-state index contributed by atoms with van der Waals surface area (Å²) in [5.74, 6) is -0.832. The Bertz CT molecular complexity index is 614. The lowest BCUT2D eigenvalue weighted by atomic mass is 10.2. The molecule has 0 aromatic carbocycles. The molecule has 0 radical (unpaired) electrons. The molecule has 0 bridgehead atoms. The van der Waals surface area contributed by atoms with Crippen LogP contribution < -0.4 is 0 Å². The third-order valence-electron chi connectivity index (χ3n) is 3.15. The van der Waals surface area contributed by atoms with Crippen LogP contribution in [-0.4, -0.2) is 36.4 Å². The van der Waals surface area contributed by atoms with Gasteiger partial charge in [-0.25, -0.2) is 13.2 Å². The van der Waals surface area contributed by atoms with Gasteiger partial charge < -0.3 is 5.11 Å². The van der Waals surface area contributed by atoms with Crippen molar-refractivity contribution in [1.29, 1.82) is 0 Å². The Morgan fingerprint density at radius 1 is 1.50 bits per heavy atom. The number of rotatable bonds is 6. The summed E-state index contributed by atoms with van der Waals surface area (Å²) in [4.78, 5) is 11.2. The summed E-state index contributed by atoms with van der Waals surface area (Å²) >= 11 is 0.846. The van der Waals surface area contributed by atoms with Gasteiger partial charge in [0.1, 0.15) is 9.09 Å². The SMILES string of the molecule is Cc1cc(S(=O)(=O)N(CC(C)C)C2CC2)sc1C(=O)O. The third kappa shape index (κ3) is 3.05. The van der Waals surface area contributed by atoms with Crippen LogP contribution >= 0.6 is 11.3 Å². The van der Waals surface area contributed by atoms with Gasteiger partial charge in [0.2, 0.25) is 0 Å². The second-order valence-corrected chi connectivity index (χ2v) is 8.75. The van der Waals surface area contributed by atoms with Gasteiger partial charge in [-0.1, -0.05) is 13.8 Å². The van der Waals surface area contributed by atoms with Gasteiger partial charge in [0.15, 0.2) is 0 Å². The summed E-state index contributed by atoms with van der Waals surface area (Å²) in [6.45, 7) is 6.07. The lowest BCUT2D eigenvalue weighted by Gasteiger charge is -2.22. The first-order valence-corrected chi connectivity index (χ1v) is 8.84. The topological polar surface area (TPSA) is 74.7 Å². The Hall–Kier alpha value is -0.920. The first-order valence-electron chi connectivity index (χ1n) is 6.59. The van der Waals surface area contributed by atoms with E-state index in [2.05, 4.69) is 0 Å². The number of hydrogen-bond donors (Lipinski definition) is 1. The predicted octanol–water partition coefficient (Wildman–Crippen LogP) is 2.56. The van der Waals surface area contributed by atoms with Crippen LogP contribution in [0.15, 0.2) is 10.3 Å². The van der Waals surface area contributed by atoms with E-state index in [4.69, 9.17) is 5.11 Å². The van der Waals surface area contributed by atoms with Gasteiger partial charge in [-0.3, -0.25) is 0 Å². The quantitative estimate of drug-likeness (QED) is 0.875. The average Bonchev–Trinajstić information content (AvgIpc) is 3.07. The molecule has 0 aliphatic heterocycles. The van der Waals surface area contributed by atoms with Crippen LogP contribution in [0.4, 0.5) is 0 Å². The Balaban J connectivity index is 2.37. The average molecular weight is 317 g/mol. The molecule has 0 spiro atoms. The molecule has 112 valence electrons. The van der Waals surface area contributed by atoms with Gasteiger partial charge in [0.25, 0.3) is 10.0 Å². The van der Waals surface area contributed by atoms with E-state index < -0.39 is 16.0 Å². The fraction of sp³-hybridized carbons (Fsp3) is 0.615. The summed E-state index contributed by atoms with van der Waals surface area (Å²) in [7, 11) is -3.58. The second-order valence-electron chi connectivity index (χ2n) is 5.58. The van der Waals surface area contributed by atoms with Crippen molar-refractivity contribution in [3.8, 4) is 0 Å². The molecule has 0 atom stereocenters. The maximum atomic E-state index is 12.7. The number of nitrogens with zero attached hydrogens (tertiary/aromatic N) is 1. The molecule has 1 heterocycles. The number of aromatic carboxylic acids is 1. The first-order chi connectivity index (χ1) is 9.23. The highest BCUT2D eigenvalue weighted by Crippen LogP contribution is 2.36. The van der Waals surface area contributed by atoms with Gasteiger partial charge >= 0.3 is 5.97 Å². The molecule has 1 N–H and O–H groups in total. The molecule has 5 nitrogen and oxygen atoms in total. The van der Waals surface area contributed by atoms with Crippen molar-refractivity contribution in [3.05, 3.63) is 16.5 Å². The number of thiophene rings is 1. The predicted molar refractivity (Wildman–Crippen MR) is 77.8 cm³/mol. The number of aryl methyl sites for hydroxylation is 1. The largest absolute Gasteiger partial charge is 0.477 e. The van der Waals surface area contributed by atoms with E-state index in [1.54, 1.807) is 6.92 Å². The highest BCUT2D eigenvalue weighted by atomic mass is 32.2. The van der Waals surface area contributed by atoms with Crippen molar-refractivity contribution >= 4 is 27.3 Å². The van der Waals surface area contributed by atoms with Gasteiger partial charge in [0, 0.05) is 12.6 Å². The smallest absolute Gasteiger partial charge is 0.346 e. The van der Waals surface area contributed by atoms with Crippen molar-refractivity contribution in [2.24, 2.45) is 5.92 Å². The molecule has 1 aromatic heterocycles. The number of sulfonamides is 1. The molecule has 1 fully saturated rings. The van der Waals surface area contributed by atoms with E-state index in [-0.39, 0.29) is 21.0 Å². The number of hydrogen-bond acceptors (Lipinski definition) is 4. The fourth-order valence-electron chi connectivity index (χ4n) is 2.07. The highest BCUT2D eigenvalue weighted by molar-refractivity contribution is 7.91. The van der Waals surface area contributed by atoms with Crippen molar-refractivity contribution in [2.75, 3.05) is 6.54 Å². The van der Waals surface area contributed by atoms with Crippen LogP contribution in [0, 0.1) is 12.8 Å². The van der Waals surface area contributed by atoms with Crippen molar-refractivity contribution in [1.82, 2.24) is 4.31 Å². The van der Waals surface area contributed by atoms with E-state index in [0.29, 0.717) is 12.1 Å². The molecule has 7 heteroatoms. The summed E-state index contributed by atoms with van der Waals surface area (Å²) < 4.78 is 27.0. The number of carboxylic acid groups (broad SMARTS) is 1. The molecule has 0 unspecified atom stereocenters. The van der Waals surface area contributed by atoms with Crippen molar-refractivity contribution in [2.45, 2.75) is 43.9 Å². The molecule has 0 amide bonds. The van der Waals surface area contributed by atoms with Gasteiger partial charge in [-0.05, 0) is 37.3 Å². The van der Waals surface area contributed by atoms with E-state index in [1.807, 2.05) is 13.8 Å². The summed E-state index contributed by atoms with van der Waals surface area (Å²) in [5.41, 5.74) is 0.501. The zero-order valence-corrected chi connectivity index (χ0v) is 13.4. The monoisotopic (exact) mass is 317 g/mol. The van der Waals surface area contributed by atoms with Gasteiger partial charge in [-0.2, -0.15) is 4.31 Å². The molecule has 0 saturated heterocycles. The Morgan fingerprint density at radius 3 is 2.50 bits per heavy atom. The van der Waals surface area contributed by atoms with Crippen LogP contribution in [-0.2, 0) is 10.0 Å². The molecular formula is C13H19NO4S2. The van der Waals surface area contributed by atoms with Gasteiger partial charge in [0.05, 0.1) is 0 Å². The minimum absolute atomic E-state index is 0.0816. The normalized spacial score (nSPS) is 16.1. The fourth-order valence-corrected chi connectivity index (χ4v) is 5.43. The zero-order valence-electron chi connectivity index (χ0n) is 11.8. The van der Waals surface area contributed by atoms with Crippen LogP contribution in [0.3, 0.4) is 0 Å². The zero-order chi connectivity index (χ0) is 15.1. The van der Waals surface area contributed by atoms with Crippen LogP contribution in [0.1, 0.15) is 41.9 Å². The van der Waals surface area contributed by atoms with E-state index in [1.165, 1.54) is 10.4 Å². The molecule has 2 rings (SSSR count). The molecule has 20 heavy (non-hydrogen) atoms. The Labute approximate surface area is 123 Å². The minimum Gasteiger partial charge on any atom is -0.477 e. The molecule has 1 aromatic rings. The lowest BCUT2D eigenvalue weighted by Crippen LogP contribution is -2.35. The number of carboxylic acids is 1. The van der Waals surface area contributed by atoms with Gasteiger partial charge in [-0.15, -0.1) is 11.3 Å². The summed E-state index contributed by atoms with van der Waals surface area (Å²) in [6, 6.07) is 1.55. The van der Waals surface area contributed by atoms with Crippen molar-refractivity contribution < 1.29 is 18.3 Å². The van der Waals surface area contributed by atoms with Crippen molar-refractivity contribution in [3.63, 3.8) is 0 Å². The summed E-state index contributed by atoms with van der Waals surface area (Å²) in [6.07, 6.45) is 1.78. The Morgan fingerprint density at radius 2 is 2.10 bits per heavy atom. The first kappa shape index (κ1) is 15.5. The maximum Gasteiger partial charge on any atom is 0.346 e. The van der Waals surface area contributed by atoms with Crippen LogP contribution in [0.5, 0.6) is 0 Å². The molecule has 1 aliphatic carbocycles. The third-order valence-corrected chi connectivity index (χ3v) is 6.74. The Kier molecular flexibility index (Phi) is 4.22.